The van der Waals surface area contributed by atoms with Crippen LogP contribution < -0.4 is 10.2 Å². The van der Waals surface area contributed by atoms with Gasteiger partial charge in [0, 0.05) is 24.2 Å². The number of nitrogens with one attached hydrogen (secondary N) is 1. The van der Waals surface area contributed by atoms with Crippen molar-refractivity contribution >= 4 is 17.2 Å². The van der Waals surface area contributed by atoms with Crippen molar-refractivity contribution in [3.05, 3.63) is 95.3 Å². The van der Waals surface area contributed by atoms with E-state index in [1.54, 1.807) is 18.4 Å². The van der Waals surface area contributed by atoms with Gasteiger partial charge in [-0.15, -0.1) is 0 Å². The minimum Gasteiger partial charge on any atom is -0.467 e. The van der Waals surface area contributed by atoms with Crippen molar-refractivity contribution in [3.63, 3.8) is 0 Å². The monoisotopic (exact) mass is 416 g/mol. The van der Waals surface area contributed by atoms with Crippen LogP contribution in [0.3, 0.4) is 0 Å². The van der Waals surface area contributed by atoms with Crippen LogP contribution in [0.1, 0.15) is 44.1 Å². The van der Waals surface area contributed by atoms with Crippen molar-refractivity contribution in [2.75, 3.05) is 10.2 Å². The van der Waals surface area contributed by atoms with Crippen molar-refractivity contribution in [3.8, 4) is 0 Å². The number of Topliss-reactive ketones (excluding diaryl/α,β-unsaturated/α-hetero) is 1. The highest BCUT2D eigenvalue weighted by atomic mass is 19.1. The lowest BCUT2D eigenvalue weighted by atomic mass is 9.74. The molecule has 0 fully saturated rings. The third-order valence-corrected chi connectivity index (χ3v) is 6.06. The number of carbonyl (C=O) groups is 1. The molecular weight excluding hydrogens is 391 g/mol. The molecule has 1 aliphatic carbocycles. The lowest BCUT2D eigenvalue weighted by Gasteiger charge is -2.37. The highest BCUT2D eigenvalue weighted by molar-refractivity contribution is 6.01. The molecule has 2 aliphatic rings. The third-order valence-electron chi connectivity index (χ3n) is 6.06. The van der Waals surface area contributed by atoms with E-state index in [1.165, 1.54) is 6.07 Å². The van der Waals surface area contributed by atoms with Gasteiger partial charge in [-0.1, -0.05) is 38.1 Å². The van der Waals surface area contributed by atoms with E-state index in [1.807, 2.05) is 42.5 Å². The molecule has 1 aromatic heterocycles. The summed E-state index contributed by atoms with van der Waals surface area (Å²) in [6, 6.07) is 18.0. The van der Waals surface area contributed by atoms with E-state index in [4.69, 9.17) is 4.42 Å². The number of para-hydroxylation sites is 2. The number of benzene rings is 2. The first-order chi connectivity index (χ1) is 14.9. The van der Waals surface area contributed by atoms with Crippen LogP contribution in [0.2, 0.25) is 0 Å². The molecule has 1 atom stereocenters. The lowest BCUT2D eigenvalue weighted by molar-refractivity contribution is -0.118. The molecule has 1 N–H and O–H groups in total. The van der Waals surface area contributed by atoms with Crippen molar-refractivity contribution in [2.24, 2.45) is 5.41 Å². The number of hydrogen-bond donors (Lipinski definition) is 1. The number of anilines is 2. The molecule has 0 radical (unpaired) electrons. The Hall–Kier alpha value is -3.34. The number of rotatable bonds is 3. The molecule has 1 unspecified atom stereocenters. The molecule has 0 spiro atoms. The van der Waals surface area contributed by atoms with Crippen LogP contribution in [0.4, 0.5) is 15.8 Å². The number of halogens is 1. The van der Waals surface area contributed by atoms with E-state index >= 15 is 0 Å². The van der Waals surface area contributed by atoms with Gasteiger partial charge in [0.2, 0.25) is 0 Å². The second kappa shape index (κ2) is 7.41. The molecule has 0 saturated heterocycles. The molecule has 2 heterocycles. The number of fused-ring (bicyclic) bond motifs is 1. The Morgan fingerprint density at radius 3 is 2.71 bits per heavy atom. The van der Waals surface area contributed by atoms with Gasteiger partial charge >= 0.3 is 0 Å². The summed E-state index contributed by atoms with van der Waals surface area (Å²) < 4.78 is 19.8. The lowest BCUT2D eigenvalue weighted by Crippen LogP contribution is -2.35. The molecule has 1 aliphatic heterocycles. The first-order valence-electron chi connectivity index (χ1n) is 10.6. The predicted molar refractivity (Wildman–Crippen MR) is 119 cm³/mol. The van der Waals surface area contributed by atoms with E-state index < -0.39 is 6.04 Å². The van der Waals surface area contributed by atoms with Gasteiger partial charge in [0.25, 0.3) is 0 Å². The van der Waals surface area contributed by atoms with Gasteiger partial charge in [0.05, 0.1) is 17.6 Å². The van der Waals surface area contributed by atoms with Crippen LogP contribution >= 0.6 is 0 Å². The van der Waals surface area contributed by atoms with Crippen molar-refractivity contribution in [1.29, 1.82) is 0 Å². The second-order valence-corrected chi connectivity index (χ2v) is 9.15. The van der Waals surface area contributed by atoms with Gasteiger partial charge in [-0.05, 0) is 53.8 Å². The van der Waals surface area contributed by atoms with Crippen molar-refractivity contribution in [1.82, 2.24) is 0 Å². The highest BCUT2D eigenvalue weighted by Crippen LogP contribution is 2.48. The Morgan fingerprint density at radius 2 is 1.94 bits per heavy atom. The zero-order valence-electron chi connectivity index (χ0n) is 17.7. The Labute approximate surface area is 181 Å². The zero-order valence-corrected chi connectivity index (χ0v) is 17.7. The average Bonchev–Trinajstić information content (AvgIpc) is 3.19. The van der Waals surface area contributed by atoms with Gasteiger partial charge in [-0.2, -0.15) is 0 Å². The number of hydrogen-bond acceptors (Lipinski definition) is 4. The standard InChI is InChI=1S/C26H25FN2O2/c1-26(2)14-20-24(22(30)15-26)25(23-11-6-12-31-23)29(16-17-7-5-8-18(27)13-17)21-10-4-3-9-19(21)28-20/h3-13,25,28H,14-16H2,1-2H3. The fourth-order valence-electron chi connectivity index (χ4n) is 4.80. The largest absolute Gasteiger partial charge is 0.467 e. The SMILES string of the molecule is CC1(C)CC(=O)C2=C(C1)Nc1ccccc1N(Cc1cccc(F)c1)C2c1ccco1. The Morgan fingerprint density at radius 1 is 1.10 bits per heavy atom. The van der Waals surface area contributed by atoms with Crippen LogP contribution in [-0.4, -0.2) is 5.78 Å². The molecular formula is C26H25FN2O2. The van der Waals surface area contributed by atoms with Gasteiger partial charge in [-0.25, -0.2) is 4.39 Å². The maximum atomic E-state index is 14.0. The van der Waals surface area contributed by atoms with Crippen molar-refractivity contribution < 1.29 is 13.6 Å². The number of carbonyl (C=O) groups excluding carboxylic acids is 1. The van der Waals surface area contributed by atoms with E-state index in [0.29, 0.717) is 18.7 Å². The molecule has 3 aromatic rings. The van der Waals surface area contributed by atoms with E-state index in [2.05, 4.69) is 24.1 Å². The summed E-state index contributed by atoms with van der Waals surface area (Å²) in [5.74, 6) is 0.552. The van der Waals surface area contributed by atoms with Gasteiger partial charge in [0.1, 0.15) is 17.6 Å². The van der Waals surface area contributed by atoms with Crippen LogP contribution in [-0.2, 0) is 11.3 Å². The van der Waals surface area contributed by atoms with Crippen LogP contribution in [0.5, 0.6) is 0 Å². The smallest absolute Gasteiger partial charge is 0.163 e. The topological polar surface area (TPSA) is 45.5 Å². The summed E-state index contributed by atoms with van der Waals surface area (Å²) >= 11 is 0. The molecule has 5 rings (SSSR count). The minimum absolute atomic E-state index is 0.122. The third kappa shape index (κ3) is 3.65. The van der Waals surface area contributed by atoms with Crippen molar-refractivity contribution in [2.45, 2.75) is 39.3 Å². The molecule has 0 saturated carbocycles. The van der Waals surface area contributed by atoms with Gasteiger partial charge < -0.3 is 14.6 Å². The maximum absolute atomic E-state index is 14.0. The molecule has 0 amide bonds. The van der Waals surface area contributed by atoms with Gasteiger partial charge in [-0.3, -0.25) is 4.79 Å². The average molecular weight is 416 g/mol. The highest BCUT2D eigenvalue weighted by Gasteiger charge is 2.42. The summed E-state index contributed by atoms with van der Waals surface area (Å²) in [7, 11) is 0. The Kier molecular flexibility index (Phi) is 4.69. The summed E-state index contributed by atoms with van der Waals surface area (Å²) in [5, 5.41) is 3.57. The van der Waals surface area contributed by atoms with Crippen LogP contribution in [0.15, 0.2) is 82.6 Å². The fraction of sp³-hybridized carbons (Fsp3) is 0.269. The minimum atomic E-state index is -0.395. The summed E-state index contributed by atoms with van der Waals surface area (Å²) in [6.45, 7) is 4.69. The molecule has 0 bridgehead atoms. The molecule has 158 valence electrons. The molecule has 4 nitrogen and oxygen atoms in total. The van der Waals surface area contributed by atoms with E-state index in [-0.39, 0.29) is 17.0 Å². The molecule has 2 aromatic carbocycles. The number of nitrogens with zero attached hydrogens (tertiary/aromatic N) is 1. The van der Waals surface area contributed by atoms with Crippen LogP contribution in [0, 0.1) is 11.2 Å². The number of ketones is 1. The summed E-state index contributed by atoms with van der Waals surface area (Å²) in [6.07, 6.45) is 2.89. The number of allylic oxidation sites excluding steroid dienone is 1. The normalized spacial score (nSPS) is 20.0. The quantitative estimate of drug-likeness (QED) is 0.549. The Balaban J connectivity index is 1.72. The predicted octanol–water partition coefficient (Wildman–Crippen LogP) is 6.24. The van der Waals surface area contributed by atoms with Crippen LogP contribution in [0.25, 0.3) is 0 Å². The Bertz CT molecular complexity index is 1160. The second-order valence-electron chi connectivity index (χ2n) is 9.15. The summed E-state index contributed by atoms with van der Waals surface area (Å²) in [5.41, 5.74) is 4.28. The molecule has 5 heteroatoms. The summed E-state index contributed by atoms with van der Waals surface area (Å²) in [4.78, 5) is 15.6. The molecule has 31 heavy (non-hydrogen) atoms. The zero-order chi connectivity index (χ0) is 21.6. The fourth-order valence-corrected chi connectivity index (χ4v) is 4.80. The first-order valence-corrected chi connectivity index (χ1v) is 10.6. The maximum Gasteiger partial charge on any atom is 0.163 e. The van der Waals surface area contributed by atoms with E-state index in [0.717, 1.165) is 34.6 Å². The van der Waals surface area contributed by atoms with Gasteiger partial charge in [0.15, 0.2) is 5.78 Å². The van der Waals surface area contributed by atoms with E-state index in [9.17, 15) is 9.18 Å². The first kappa shape index (κ1) is 19.6. The number of furan rings is 1.